The molecule has 1 N–H and O–H groups in total. The predicted molar refractivity (Wildman–Crippen MR) is 67.3 cm³/mol. The first-order valence-corrected chi connectivity index (χ1v) is 6.00. The first-order valence-electron chi connectivity index (χ1n) is 5.21. The summed E-state index contributed by atoms with van der Waals surface area (Å²) in [7, 11) is 1.93. The van der Waals surface area contributed by atoms with Crippen LogP contribution in [0.15, 0.2) is 22.7 Å². The van der Waals surface area contributed by atoms with Crippen molar-refractivity contribution in [3.63, 3.8) is 0 Å². The molecule has 0 amide bonds. The van der Waals surface area contributed by atoms with Crippen LogP contribution in [0.2, 0.25) is 0 Å². The van der Waals surface area contributed by atoms with Gasteiger partial charge in [-0.1, -0.05) is 22.0 Å². The van der Waals surface area contributed by atoms with Crippen LogP contribution in [0.5, 0.6) is 0 Å². The van der Waals surface area contributed by atoms with Gasteiger partial charge in [-0.25, -0.2) is 0 Å². The number of likely N-dealkylation sites (N-methyl/N-ethyl adjacent to an activating group) is 1. The lowest BCUT2D eigenvalue weighted by Gasteiger charge is -2.07. The van der Waals surface area contributed by atoms with Crippen molar-refractivity contribution in [2.75, 3.05) is 26.8 Å². The SMILES string of the molecule is CNCCOCCc1cc(Br)ccc1C. The highest BCUT2D eigenvalue weighted by Crippen LogP contribution is 2.16. The van der Waals surface area contributed by atoms with Crippen molar-refractivity contribution in [2.45, 2.75) is 13.3 Å². The molecule has 0 aliphatic carbocycles. The van der Waals surface area contributed by atoms with E-state index < -0.39 is 0 Å². The number of benzene rings is 1. The Hall–Kier alpha value is -0.380. The van der Waals surface area contributed by atoms with Gasteiger partial charge >= 0.3 is 0 Å². The van der Waals surface area contributed by atoms with Gasteiger partial charge < -0.3 is 10.1 Å². The van der Waals surface area contributed by atoms with Crippen LogP contribution in [-0.4, -0.2) is 26.8 Å². The van der Waals surface area contributed by atoms with Gasteiger partial charge in [-0.05, 0) is 43.7 Å². The van der Waals surface area contributed by atoms with Crippen LogP contribution in [0.3, 0.4) is 0 Å². The number of aryl methyl sites for hydroxylation is 1. The highest BCUT2D eigenvalue weighted by Gasteiger charge is 1.99. The summed E-state index contributed by atoms with van der Waals surface area (Å²) in [5.74, 6) is 0. The van der Waals surface area contributed by atoms with Gasteiger partial charge in [0.05, 0.1) is 13.2 Å². The van der Waals surface area contributed by atoms with E-state index >= 15 is 0 Å². The molecule has 0 bridgehead atoms. The van der Waals surface area contributed by atoms with Crippen molar-refractivity contribution in [3.8, 4) is 0 Å². The summed E-state index contributed by atoms with van der Waals surface area (Å²) in [5.41, 5.74) is 2.68. The van der Waals surface area contributed by atoms with Crippen molar-refractivity contribution in [2.24, 2.45) is 0 Å². The Kier molecular flexibility index (Phi) is 5.91. The Balaban J connectivity index is 2.33. The van der Waals surface area contributed by atoms with E-state index in [0.29, 0.717) is 0 Å². The largest absolute Gasteiger partial charge is 0.380 e. The van der Waals surface area contributed by atoms with E-state index in [4.69, 9.17) is 4.74 Å². The molecule has 0 aromatic heterocycles. The minimum absolute atomic E-state index is 0.781. The van der Waals surface area contributed by atoms with E-state index in [1.54, 1.807) is 0 Å². The number of hydrogen-bond donors (Lipinski definition) is 1. The summed E-state index contributed by atoms with van der Waals surface area (Å²) in [6.07, 6.45) is 0.981. The molecular weight excluding hydrogens is 254 g/mol. The molecule has 3 heteroatoms. The molecule has 0 heterocycles. The number of nitrogens with one attached hydrogen (secondary N) is 1. The summed E-state index contributed by atoms with van der Waals surface area (Å²) >= 11 is 3.48. The summed E-state index contributed by atoms with van der Waals surface area (Å²) in [6.45, 7) is 4.62. The Bertz CT molecular complexity index is 302. The van der Waals surface area contributed by atoms with Gasteiger partial charge in [-0.2, -0.15) is 0 Å². The summed E-state index contributed by atoms with van der Waals surface area (Å²) in [5, 5.41) is 3.05. The number of hydrogen-bond acceptors (Lipinski definition) is 2. The molecule has 1 aromatic carbocycles. The average Bonchev–Trinajstić information content (AvgIpc) is 2.23. The lowest BCUT2D eigenvalue weighted by molar-refractivity contribution is 0.140. The lowest BCUT2D eigenvalue weighted by atomic mass is 10.1. The van der Waals surface area contributed by atoms with Crippen molar-refractivity contribution in [1.29, 1.82) is 0 Å². The second-order valence-electron chi connectivity index (χ2n) is 3.54. The van der Waals surface area contributed by atoms with Crippen molar-refractivity contribution in [1.82, 2.24) is 5.32 Å². The monoisotopic (exact) mass is 271 g/mol. The van der Waals surface area contributed by atoms with E-state index in [1.165, 1.54) is 11.1 Å². The van der Waals surface area contributed by atoms with Crippen LogP contribution < -0.4 is 5.32 Å². The first-order chi connectivity index (χ1) is 7.24. The molecule has 0 radical (unpaired) electrons. The van der Waals surface area contributed by atoms with Crippen molar-refractivity contribution < 1.29 is 4.74 Å². The Morgan fingerprint density at radius 2 is 2.13 bits per heavy atom. The molecule has 0 fully saturated rings. The third kappa shape index (κ3) is 4.78. The normalized spacial score (nSPS) is 10.6. The minimum Gasteiger partial charge on any atom is -0.380 e. The Morgan fingerprint density at radius 1 is 1.33 bits per heavy atom. The van der Waals surface area contributed by atoms with Crippen LogP contribution in [0.4, 0.5) is 0 Å². The second kappa shape index (κ2) is 6.99. The maximum Gasteiger partial charge on any atom is 0.0590 e. The van der Waals surface area contributed by atoms with Crippen LogP contribution in [-0.2, 0) is 11.2 Å². The Labute approximate surface area is 100 Å². The van der Waals surface area contributed by atoms with Gasteiger partial charge in [0.2, 0.25) is 0 Å². The fourth-order valence-corrected chi connectivity index (χ4v) is 1.78. The lowest BCUT2D eigenvalue weighted by Crippen LogP contribution is -2.15. The Morgan fingerprint density at radius 3 is 2.87 bits per heavy atom. The smallest absolute Gasteiger partial charge is 0.0590 e. The van der Waals surface area contributed by atoms with Crippen LogP contribution in [0.25, 0.3) is 0 Å². The standard InChI is InChI=1S/C12H18BrNO/c1-10-3-4-12(13)9-11(10)5-7-15-8-6-14-2/h3-4,9,14H,5-8H2,1-2H3. The number of halogens is 1. The summed E-state index contributed by atoms with van der Waals surface area (Å²) in [6, 6.07) is 6.37. The molecule has 0 saturated carbocycles. The molecule has 84 valence electrons. The molecule has 0 spiro atoms. The molecule has 0 aliphatic heterocycles. The van der Waals surface area contributed by atoms with E-state index in [9.17, 15) is 0 Å². The quantitative estimate of drug-likeness (QED) is 0.803. The van der Waals surface area contributed by atoms with Gasteiger partial charge in [-0.3, -0.25) is 0 Å². The zero-order chi connectivity index (χ0) is 11.1. The molecule has 1 rings (SSSR count). The average molecular weight is 272 g/mol. The van der Waals surface area contributed by atoms with Crippen molar-refractivity contribution >= 4 is 15.9 Å². The zero-order valence-electron chi connectivity index (χ0n) is 9.35. The summed E-state index contributed by atoms with van der Waals surface area (Å²) in [4.78, 5) is 0. The zero-order valence-corrected chi connectivity index (χ0v) is 10.9. The summed E-state index contributed by atoms with van der Waals surface area (Å²) < 4.78 is 6.63. The molecule has 0 unspecified atom stereocenters. The fraction of sp³-hybridized carbons (Fsp3) is 0.500. The van der Waals surface area contributed by atoms with Gasteiger partial charge in [0, 0.05) is 11.0 Å². The molecule has 0 aliphatic rings. The maximum atomic E-state index is 5.50. The third-order valence-electron chi connectivity index (χ3n) is 2.32. The van der Waals surface area contributed by atoms with E-state index in [0.717, 1.165) is 30.7 Å². The maximum absolute atomic E-state index is 5.50. The van der Waals surface area contributed by atoms with Crippen molar-refractivity contribution in [3.05, 3.63) is 33.8 Å². The molecule has 1 aromatic rings. The minimum atomic E-state index is 0.781. The van der Waals surface area contributed by atoms with Gasteiger partial charge in [-0.15, -0.1) is 0 Å². The highest BCUT2D eigenvalue weighted by atomic mass is 79.9. The number of rotatable bonds is 6. The van der Waals surface area contributed by atoms with E-state index in [2.05, 4.69) is 46.4 Å². The predicted octanol–water partition coefficient (Wildman–Crippen LogP) is 2.54. The molecule has 15 heavy (non-hydrogen) atoms. The fourth-order valence-electron chi connectivity index (χ4n) is 1.37. The molecular formula is C12H18BrNO. The number of ether oxygens (including phenoxy) is 1. The molecule has 0 saturated heterocycles. The van der Waals surface area contributed by atoms with E-state index in [-0.39, 0.29) is 0 Å². The first kappa shape index (κ1) is 12.7. The highest BCUT2D eigenvalue weighted by molar-refractivity contribution is 9.10. The van der Waals surface area contributed by atoms with Crippen LogP contribution in [0.1, 0.15) is 11.1 Å². The van der Waals surface area contributed by atoms with Gasteiger partial charge in [0.1, 0.15) is 0 Å². The molecule has 2 nitrogen and oxygen atoms in total. The van der Waals surface area contributed by atoms with Gasteiger partial charge in [0.25, 0.3) is 0 Å². The topological polar surface area (TPSA) is 21.3 Å². The van der Waals surface area contributed by atoms with Crippen LogP contribution in [0, 0.1) is 6.92 Å². The molecule has 0 atom stereocenters. The second-order valence-corrected chi connectivity index (χ2v) is 4.45. The van der Waals surface area contributed by atoms with Crippen LogP contribution >= 0.6 is 15.9 Å². The third-order valence-corrected chi connectivity index (χ3v) is 2.82. The van der Waals surface area contributed by atoms with Gasteiger partial charge in [0.15, 0.2) is 0 Å². The van der Waals surface area contributed by atoms with E-state index in [1.807, 2.05) is 7.05 Å².